The summed E-state index contributed by atoms with van der Waals surface area (Å²) in [5.41, 5.74) is 0.655. The molecule has 1 aliphatic carbocycles. The summed E-state index contributed by atoms with van der Waals surface area (Å²) in [6.45, 7) is 5.33. The number of nitrogens with zero attached hydrogens (tertiary/aromatic N) is 1. The van der Waals surface area contributed by atoms with Crippen molar-refractivity contribution in [3.8, 4) is 0 Å². The molecule has 2 aliphatic heterocycles. The van der Waals surface area contributed by atoms with E-state index in [0.29, 0.717) is 28.6 Å². The molecule has 0 amide bonds. The maximum atomic E-state index is 14.7. The van der Waals surface area contributed by atoms with Crippen LogP contribution in [-0.4, -0.2) is 56.4 Å². The van der Waals surface area contributed by atoms with Gasteiger partial charge in [0.2, 0.25) is 0 Å². The summed E-state index contributed by atoms with van der Waals surface area (Å²) in [7, 11) is 0. The topological polar surface area (TPSA) is 36.5 Å². The average Bonchev–Trinajstić information content (AvgIpc) is 3.37. The first kappa shape index (κ1) is 22.3. The zero-order valence-electron chi connectivity index (χ0n) is 16.3. The summed E-state index contributed by atoms with van der Waals surface area (Å²) in [6, 6.07) is 5.92. The average molecular weight is 432 g/mol. The van der Waals surface area contributed by atoms with E-state index in [4.69, 9.17) is 16.3 Å². The molecule has 2 heterocycles. The molecule has 1 aromatic carbocycles. The van der Waals surface area contributed by atoms with Gasteiger partial charge in [0.05, 0.1) is 19.3 Å². The zero-order chi connectivity index (χ0) is 18.6. The van der Waals surface area contributed by atoms with Gasteiger partial charge in [0.15, 0.2) is 0 Å². The van der Waals surface area contributed by atoms with E-state index < -0.39 is 0 Å². The number of benzene rings is 1. The standard InChI is InChI=1S/C21H31ClFN3O.ClH/c22-16-6-4-7-17(23)21(16)20(26-10-1-2-11-26)13-25-18-8-3-5-15(18)19-14-27-12-9-24-19;/h4,6-7,15,18-20,24-25H,1-3,5,8-14H2;1H. The summed E-state index contributed by atoms with van der Waals surface area (Å²) >= 11 is 6.43. The third-order valence-corrected chi connectivity index (χ3v) is 6.85. The molecule has 3 aliphatic rings. The summed E-state index contributed by atoms with van der Waals surface area (Å²) in [5, 5.41) is 7.96. The number of hydrogen-bond acceptors (Lipinski definition) is 4. The molecule has 1 saturated carbocycles. The van der Waals surface area contributed by atoms with Crippen LogP contribution < -0.4 is 10.6 Å². The van der Waals surface area contributed by atoms with Crippen LogP contribution >= 0.6 is 24.0 Å². The minimum absolute atomic E-state index is 0. The van der Waals surface area contributed by atoms with Crippen molar-refractivity contribution >= 4 is 24.0 Å². The van der Waals surface area contributed by atoms with Crippen molar-refractivity contribution in [3.05, 3.63) is 34.6 Å². The Morgan fingerprint density at radius 2 is 2.07 bits per heavy atom. The van der Waals surface area contributed by atoms with Crippen LogP contribution in [0.15, 0.2) is 18.2 Å². The quantitative estimate of drug-likeness (QED) is 0.718. The molecule has 2 N–H and O–H groups in total. The van der Waals surface area contributed by atoms with Gasteiger partial charge in [-0.1, -0.05) is 24.1 Å². The first-order valence-corrected chi connectivity index (χ1v) is 10.8. The van der Waals surface area contributed by atoms with Gasteiger partial charge >= 0.3 is 0 Å². The predicted molar refractivity (Wildman–Crippen MR) is 114 cm³/mol. The van der Waals surface area contributed by atoms with E-state index in [2.05, 4.69) is 15.5 Å². The Balaban J connectivity index is 0.00000225. The summed E-state index contributed by atoms with van der Waals surface area (Å²) in [5.74, 6) is 0.395. The van der Waals surface area contributed by atoms with Crippen LogP contribution in [0.5, 0.6) is 0 Å². The lowest BCUT2D eigenvalue weighted by atomic mass is 9.93. The fourth-order valence-corrected chi connectivity index (χ4v) is 5.43. The van der Waals surface area contributed by atoms with E-state index in [-0.39, 0.29) is 24.3 Å². The maximum Gasteiger partial charge on any atom is 0.129 e. The van der Waals surface area contributed by atoms with Gasteiger partial charge in [-0.15, -0.1) is 12.4 Å². The number of morpholine rings is 1. The molecule has 0 aromatic heterocycles. The summed E-state index contributed by atoms with van der Waals surface area (Å²) < 4.78 is 20.3. The van der Waals surface area contributed by atoms with Crippen LogP contribution in [0.25, 0.3) is 0 Å². The van der Waals surface area contributed by atoms with Crippen molar-refractivity contribution < 1.29 is 9.13 Å². The number of rotatable bonds is 6. The molecule has 28 heavy (non-hydrogen) atoms. The highest BCUT2D eigenvalue weighted by atomic mass is 35.5. The van der Waals surface area contributed by atoms with Crippen molar-refractivity contribution in [1.29, 1.82) is 0 Å². The Kier molecular flexibility index (Phi) is 8.39. The van der Waals surface area contributed by atoms with Crippen LogP contribution in [0.3, 0.4) is 0 Å². The minimum Gasteiger partial charge on any atom is -0.379 e. The molecule has 4 rings (SSSR count). The Hall–Kier alpha value is -0.430. The van der Waals surface area contributed by atoms with Crippen LogP contribution in [0.4, 0.5) is 4.39 Å². The summed E-state index contributed by atoms with van der Waals surface area (Å²) in [4.78, 5) is 2.39. The van der Waals surface area contributed by atoms with Gasteiger partial charge < -0.3 is 15.4 Å². The molecule has 4 nitrogen and oxygen atoms in total. The maximum absolute atomic E-state index is 14.7. The lowest BCUT2D eigenvalue weighted by molar-refractivity contribution is 0.0519. The molecule has 0 bridgehead atoms. The van der Waals surface area contributed by atoms with Gasteiger partial charge in [-0.25, -0.2) is 4.39 Å². The highest BCUT2D eigenvalue weighted by molar-refractivity contribution is 6.31. The van der Waals surface area contributed by atoms with Gasteiger partial charge in [-0.3, -0.25) is 4.90 Å². The summed E-state index contributed by atoms with van der Waals surface area (Å²) in [6.07, 6.45) is 6.01. The third-order valence-electron chi connectivity index (χ3n) is 6.52. The molecular formula is C21H32Cl2FN3O. The zero-order valence-corrected chi connectivity index (χ0v) is 17.9. The fourth-order valence-electron chi connectivity index (χ4n) is 5.14. The van der Waals surface area contributed by atoms with E-state index in [0.717, 1.165) is 39.4 Å². The van der Waals surface area contributed by atoms with Crippen molar-refractivity contribution in [2.24, 2.45) is 5.92 Å². The normalized spacial score (nSPS) is 29.6. The van der Waals surface area contributed by atoms with Crippen LogP contribution in [0.2, 0.25) is 5.02 Å². The number of hydrogen-bond donors (Lipinski definition) is 2. The Morgan fingerprint density at radius 3 is 2.79 bits per heavy atom. The molecule has 2 saturated heterocycles. The van der Waals surface area contributed by atoms with Crippen molar-refractivity contribution in [3.63, 3.8) is 0 Å². The molecule has 7 heteroatoms. The number of likely N-dealkylation sites (tertiary alicyclic amines) is 1. The van der Waals surface area contributed by atoms with E-state index >= 15 is 0 Å². The van der Waals surface area contributed by atoms with Crippen molar-refractivity contribution in [2.45, 2.75) is 50.2 Å². The van der Waals surface area contributed by atoms with Crippen LogP contribution in [-0.2, 0) is 4.74 Å². The molecule has 0 radical (unpaired) electrons. The monoisotopic (exact) mass is 431 g/mol. The molecule has 1 aromatic rings. The third kappa shape index (κ3) is 5.00. The number of halogens is 3. The van der Waals surface area contributed by atoms with Gasteiger partial charge in [-0.05, 0) is 56.8 Å². The van der Waals surface area contributed by atoms with Gasteiger partial charge in [0, 0.05) is 35.8 Å². The number of nitrogens with one attached hydrogen (secondary N) is 2. The lowest BCUT2D eigenvalue weighted by Gasteiger charge is -2.35. The SMILES string of the molecule is Cl.Fc1cccc(Cl)c1C(CNC1CCCC1C1COCCN1)N1CCCC1. The predicted octanol–water partition coefficient (Wildman–Crippen LogP) is 3.78. The molecular weight excluding hydrogens is 400 g/mol. The second kappa shape index (κ2) is 10.6. The highest BCUT2D eigenvalue weighted by Crippen LogP contribution is 2.34. The van der Waals surface area contributed by atoms with Crippen molar-refractivity contribution in [1.82, 2.24) is 15.5 Å². The smallest absolute Gasteiger partial charge is 0.129 e. The molecule has 4 atom stereocenters. The van der Waals surface area contributed by atoms with Gasteiger partial charge in [-0.2, -0.15) is 0 Å². The van der Waals surface area contributed by atoms with E-state index in [9.17, 15) is 4.39 Å². The van der Waals surface area contributed by atoms with Gasteiger partial charge in [0.25, 0.3) is 0 Å². The largest absolute Gasteiger partial charge is 0.379 e. The second-order valence-electron chi connectivity index (χ2n) is 8.14. The van der Waals surface area contributed by atoms with E-state index in [1.807, 2.05) is 6.07 Å². The molecule has 158 valence electrons. The fraction of sp³-hybridized carbons (Fsp3) is 0.714. The Bertz CT molecular complexity index is 603. The van der Waals surface area contributed by atoms with E-state index in [1.165, 1.54) is 38.2 Å². The Morgan fingerprint density at radius 1 is 1.25 bits per heavy atom. The molecule has 3 fully saturated rings. The lowest BCUT2D eigenvalue weighted by Crippen LogP contribution is -2.51. The first-order valence-electron chi connectivity index (χ1n) is 10.5. The highest BCUT2D eigenvalue weighted by Gasteiger charge is 2.36. The molecule has 0 spiro atoms. The van der Waals surface area contributed by atoms with Crippen LogP contribution in [0, 0.1) is 11.7 Å². The second-order valence-corrected chi connectivity index (χ2v) is 8.55. The molecule has 4 unspecified atom stereocenters. The van der Waals surface area contributed by atoms with Gasteiger partial charge in [0.1, 0.15) is 5.82 Å². The van der Waals surface area contributed by atoms with Crippen LogP contribution in [0.1, 0.15) is 43.7 Å². The van der Waals surface area contributed by atoms with E-state index in [1.54, 1.807) is 6.07 Å². The first-order chi connectivity index (χ1) is 13.2. The minimum atomic E-state index is -0.188. The number of ether oxygens (including phenoxy) is 1. The van der Waals surface area contributed by atoms with Crippen molar-refractivity contribution in [2.75, 3.05) is 39.4 Å². The Labute approximate surface area is 178 Å².